The van der Waals surface area contributed by atoms with Crippen LogP contribution in [0.25, 0.3) is 0 Å². The normalized spacial score (nSPS) is 11.0. The van der Waals surface area contributed by atoms with Crippen LogP contribution in [0.15, 0.2) is 64.4 Å². The molecular formula is C12H9NO5S2. The summed E-state index contributed by atoms with van der Waals surface area (Å²) in [6, 6.07) is 13.3. The Morgan fingerprint density at radius 3 is 2.15 bits per heavy atom. The minimum atomic E-state index is -3.94. The lowest BCUT2D eigenvalue weighted by molar-refractivity contribution is -0.284. The minimum absolute atomic E-state index is 0.0611. The highest BCUT2D eigenvalue weighted by molar-refractivity contribution is 7.93. The third-order valence-electron chi connectivity index (χ3n) is 2.24. The van der Waals surface area contributed by atoms with Gasteiger partial charge in [0, 0.05) is 0 Å². The lowest BCUT2D eigenvalue weighted by atomic mass is 10.3. The average molecular weight is 311 g/mol. The fraction of sp³-hybridized carbons (Fsp3) is 0. The van der Waals surface area contributed by atoms with Crippen LogP contribution >= 0.6 is 11.9 Å². The van der Waals surface area contributed by atoms with Gasteiger partial charge >= 0.3 is 10.1 Å². The molecule has 2 rings (SSSR count). The predicted octanol–water partition coefficient (Wildman–Crippen LogP) is 2.74. The van der Waals surface area contributed by atoms with E-state index in [2.05, 4.69) is 0 Å². The van der Waals surface area contributed by atoms with Crippen LogP contribution in [-0.4, -0.2) is 12.7 Å². The lowest BCUT2D eigenvalue weighted by Crippen LogP contribution is -2.09. The van der Waals surface area contributed by atoms with Crippen LogP contribution in [0.1, 0.15) is 0 Å². The summed E-state index contributed by atoms with van der Waals surface area (Å²) >= 11 is 0.408. The van der Waals surface area contributed by atoms with E-state index in [1.165, 1.54) is 36.4 Å². The zero-order chi connectivity index (χ0) is 14.6. The quantitative estimate of drug-likeness (QED) is 0.365. The first-order valence-corrected chi connectivity index (χ1v) is 7.57. The monoisotopic (exact) mass is 311 g/mol. The zero-order valence-corrected chi connectivity index (χ0v) is 11.6. The van der Waals surface area contributed by atoms with E-state index in [1.807, 2.05) is 0 Å². The van der Waals surface area contributed by atoms with Gasteiger partial charge in [-0.1, -0.05) is 18.2 Å². The van der Waals surface area contributed by atoms with Gasteiger partial charge in [-0.25, -0.2) is 0 Å². The third-order valence-corrected chi connectivity index (χ3v) is 4.13. The smallest absolute Gasteiger partial charge is 0.339 e. The number of para-hydroxylation sites is 1. The fourth-order valence-corrected chi connectivity index (χ4v) is 2.76. The van der Waals surface area contributed by atoms with E-state index in [1.54, 1.807) is 18.2 Å². The standard InChI is InChI=1S/C12H9NO5S2/c14-13(15)19-11-6-8-12(9-7-11)20(16,17)18-10-4-2-1-3-5-10/h1-9H. The molecular weight excluding hydrogens is 302 g/mol. The van der Waals surface area contributed by atoms with Gasteiger partial charge in [0.25, 0.3) is 11.9 Å². The van der Waals surface area contributed by atoms with Gasteiger partial charge in [0.1, 0.15) is 15.0 Å². The molecule has 0 bridgehead atoms. The molecule has 0 heterocycles. The molecule has 2 aromatic carbocycles. The second kappa shape index (κ2) is 5.93. The van der Waals surface area contributed by atoms with Crippen molar-refractivity contribution in [2.75, 3.05) is 0 Å². The third kappa shape index (κ3) is 3.72. The van der Waals surface area contributed by atoms with E-state index in [9.17, 15) is 18.5 Å². The number of rotatable bonds is 5. The van der Waals surface area contributed by atoms with Crippen molar-refractivity contribution in [3.05, 3.63) is 64.7 Å². The Labute approximate surface area is 119 Å². The van der Waals surface area contributed by atoms with Crippen LogP contribution in [0.4, 0.5) is 0 Å². The van der Waals surface area contributed by atoms with Crippen LogP contribution in [0.3, 0.4) is 0 Å². The first-order chi connectivity index (χ1) is 9.47. The average Bonchev–Trinajstić information content (AvgIpc) is 2.39. The topological polar surface area (TPSA) is 86.5 Å². The van der Waals surface area contributed by atoms with Crippen LogP contribution in [0, 0.1) is 10.1 Å². The molecule has 0 saturated carbocycles. The van der Waals surface area contributed by atoms with Gasteiger partial charge < -0.3 is 4.18 Å². The van der Waals surface area contributed by atoms with Crippen molar-refractivity contribution in [1.82, 2.24) is 0 Å². The van der Waals surface area contributed by atoms with Crippen molar-refractivity contribution in [3.8, 4) is 5.75 Å². The van der Waals surface area contributed by atoms with Crippen LogP contribution in [0.2, 0.25) is 0 Å². The first-order valence-electron chi connectivity index (χ1n) is 5.39. The summed E-state index contributed by atoms with van der Waals surface area (Å²) in [5.41, 5.74) is 0. The number of hydrogen-bond donors (Lipinski definition) is 0. The predicted molar refractivity (Wildman–Crippen MR) is 73.5 cm³/mol. The van der Waals surface area contributed by atoms with Crippen molar-refractivity contribution >= 4 is 22.1 Å². The molecule has 0 atom stereocenters. The van der Waals surface area contributed by atoms with E-state index in [0.717, 1.165) is 0 Å². The van der Waals surface area contributed by atoms with Gasteiger partial charge in [-0.3, -0.25) is 10.1 Å². The Bertz CT molecular complexity index is 698. The fourth-order valence-electron chi connectivity index (χ4n) is 1.40. The second-order valence-corrected chi connectivity index (χ2v) is 6.14. The molecule has 0 saturated heterocycles. The van der Waals surface area contributed by atoms with E-state index >= 15 is 0 Å². The summed E-state index contributed by atoms with van der Waals surface area (Å²) in [4.78, 5) is 10.6. The highest BCUT2D eigenvalue weighted by Gasteiger charge is 2.17. The maximum Gasteiger partial charge on any atom is 0.339 e. The Kier molecular flexibility index (Phi) is 4.26. The second-order valence-electron chi connectivity index (χ2n) is 3.64. The molecule has 0 aliphatic heterocycles. The number of nitro groups is 1. The van der Waals surface area contributed by atoms with Crippen molar-refractivity contribution in [3.63, 3.8) is 0 Å². The molecule has 0 aliphatic carbocycles. The van der Waals surface area contributed by atoms with E-state index in [4.69, 9.17) is 4.18 Å². The molecule has 0 unspecified atom stereocenters. The Morgan fingerprint density at radius 1 is 1.00 bits per heavy atom. The summed E-state index contributed by atoms with van der Waals surface area (Å²) in [5, 5.41) is 10.3. The van der Waals surface area contributed by atoms with E-state index < -0.39 is 14.4 Å². The van der Waals surface area contributed by atoms with Crippen molar-refractivity contribution in [2.24, 2.45) is 0 Å². The highest BCUT2D eigenvalue weighted by atomic mass is 32.2. The molecule has 0 fully saturated rings. The summed E-state index contributed by atoms with van der Waals surface area (Å²) in [7, 11) is -3.94. The summed E-state index contributed by atoms with van der Waals surface area (Å²) in [6.07, 6.45) is 0. The number of benzene rings is 2. The van der Waals surface area contributed by atoms with Crippen LogP contribution in [0.5, 0.6) is 5.75 Å². The van der Waals surface area contributed by atoms with Gasteiger partial charge in [-0.2, -0.15) is 8.42 Å². The first kappa shape index (κ1) is 14.4. The summed E-state index contributed by atoms with van der Waals surface area (Å²) in [5.74, 6) is 0.205. The van der Waals surface area contributed by atoms with Crippen molar-refractivity contribution < 1.29 is 16.9 Å². The molecule has 0 aromatic heterocycles. The van der Waals surface area contributed by atoms with E-state index in [-0.39, 0.29) is 10.6 Å². The summed E-state index contributed by atoms with van der Waals surface area (Å²) in [6.45, 7) is 0. The van der Waals surface area contributed by atoms with Gasteiger partial charge in [-0.15, -0.1) is 0 Å². The number of hydrogen-bond acceptors (Lipinski definition) is 6. The maximum atomic E-state index is 12.0. The Morgan fingerprint density at radius 2 is 1.60 bits per heavy atom. The largest absolute Gasteiger partial charge is 0.379 e. The van der Waals surface area contributed by atoms with Crippen molar-refractivity contribution in [2.45, 2.75) is 9.79 Å². The molecule has 6 nitrogen and oxygen atoms in total. The highest BCUT2D eigenvalue weighted by Crippen LogP contribution is 2.22. The molecule has 0 aliphatic rings. The molecule has 8 heteroatoms. The SMILES string of the molecule is O=[N+]([O-])Sc1ccc(S(=O)(=O)Oc2ccccc2)cc1. The van der Waals surface area contributed by atoms with Gasteiger partial charge in [0.05, 0.1) is 4.90 Å². The lowest BCUT2D eigenvalue weighted by Gasteiger charge is -2.06. The molecule has 0 spiro atoms. The van der Waals surface area contributed by atoms with Gasteiger partial charge in [0.15, 0.2) is 0 Å². The Hall–Kier alpha value is -2.06. The zero-order valence-electron chi connectivity index (χ0n) is 10.0. The molecule has 0 amide bonds. The molecule has 104 valence electrons. The van der Waals surface area contributed by atoms with Gasteiger partial charge in [-0.05, 0) is 36.4 Å². The number of nitrogens with zero attached hydrogens (tertiary/aromatic N) is 1. The van der Waals surface area contributed by atoms with Crippen LogP contribution < -0.4 is 4.18 Å². The minimum Gasteiger partial charge on any atom is -0.379 e. The molecule has 20 heavy (non-hydrogen) atoms. The van der Waals surface area contributed by atoms with Crippen LogP contribution in [-0.2, 0) is 10.1 Å². The van der Waals surface area contributed by atoms with E-state index in [0.29, 0.717) is 16.8 Å². The molecule has 0 radical (unpaired) electrons. The molecule has 0 N–H and O–H groups in total. The molecule has 2 aromatic rings. The summed E-state index contributed by atoms with van der Waals surface area (Å²) < 4.78 is 28.3. The van der Waals surface area contributed by atoms with Crippen molar-refractivity contribution in [1.29, 1.82) is 0 Å². The Balaban J connectivity index is 2.19. The maximum absolute atomic E-state index is 12.0. The van der Waals surface area contributed by atoms with Gasteiger partial charge in [0.2, 0.25) is 0 Å².